The van der Waals surface area contributed by atoms with E-state index in [0.29, 0.717) is 0 Å². The van der Waals surface area contributed by atoms with Crippen LogP contribution < -0.4 is 5.32 Å². The third-order valence-electron chi connectivity index (χ3n) is 3.56. The van der Waals surface area contributed by atoms with Gasteiger partial charge < -0.3 is 5.32 Å². The lowest BCUT2D eigenvalue weighted by Crippen LogP contribution is -2.32. The first kappa shape index (κ1) is 16.3. The third kappa shape index (κ3) is 3.97. The van der Waals surface area contributed by atoms with E-state index in [2.05, 4.69) is 15.3 Å². The number of amides is 1. The Morgan fingerprint density at radius 3 is 2.14 bits per heavy atom. The molecule has 9 heteroatoms. The van der Waals surface area contributed by atoms with Crippen LogP contribution in [0.4, 0.5) is 18.9 Å². The van der Waals surface area contributed by atoms with Gasteiger partial charge in [0.15, 0.2) is 10.3 Å². The Morgan fingerprint density at radius 2 is 1.67 bits per heavy atom. The lowest BCUT2D eigenvalue weighted by molar-refractivity contribution is -0.184. The van der Waals surface area contributed by atoms with E-state index >= 15 is 0 Å². The zero-order chi connectivity index (χ0) is 15.6. The van der Waals surface area contributed by atoms with Crippen molar-refractivity contribution in [2.75, 3.05) is 5.32 Å². The van der Waals surface area contributed by atoms with E-state index < -0.39 is 23.9 Å². The molecule has 1 amide bonds. The molecular weight excluding hydrogens is 330 g/mol. The first-order chi connectivity index (χ1) is 9.79. The van der Waals surface area contributed by atoms with Crippen LogP contribution >= 0.6 is 23.2 Å². The number of alkyl halides is 3. The molecule has 0 atom stereocenters. The van der Waals surface area contributed by atoms with Gasteiger partial charge in [0.25, 0.3) is 0 Å². The minimum Gasteiger partial charge on any atom is -0.321 e. The van der Waals surface area contributed by atoms with E-state index in [1.165, 1.54) is 0 Å². The van der Waals surface area contributed by atoms with E-state index in [0.717, 1.165) is 6.33 Å². The Balaban J connectivity index is 1.97. The van der Waals surface area contributed by atoms with Crippen LogP contribution in [0.3, 0.4) is 0 Å². The Hall–Kier alpha value is -1.08. The number of nitrogens with zero attached hydrogens (tertiary/aromatic N) is 2. The van der Waals surface area contributed by atoms with E-state index in [9.17, 15) is 18.0 Å². The number of carbonyl (C=O) groups is 1. The van der Waals surface area contributed by atoms with Crippen molar-refractivity contribution in [1.82, 2.24) is 9.97 Å². The van der Waals surface area contributed by atoms with E-state index in [1.807, 2.05) is 0 Å². The highest BCUT2D eigenvalue weighted by Gasteiger charge is 2.42. The van der Waals surface area contributed by atoms with E-state index in [4.69, 9.17) is 23.2 Å². The summed E-state index contributed by atoms with van der Waals surface area (Å²) in [6, 6.07) is 0. The molecule has 0 aliphatic heterocycles. The number of anilines is 1. The van der Waals surface area contributed by atoms with Crippen LogP contribution in [0, 0.1) is 11.8 Å². The zero-order valence-electron chi connectivity index (χ0n) is 10.8. The number of aromatic nitrogens is 2. The number of carbonyl (C=O) groups excluding carboxylic acids is 1. The van der Waals surface area contributed by atoms with Crippen molar-refractivity contribution in [2.45, 2.75) is 31.9 Å². The summed E-state index contributed by atoms with van der Waals surface area (Å²) in [4.78, 5) is 19.4. The molecule has 1 saturated carbocycles. The summed E-state index contributed by atoms with van der Waals surface area (Å²) in [6.45, 7) is 0. The van der Waals surface area contributed by atoms with Gasteiger partial charge in [-0.2, -0.15) is 13.2 Å². The molecule has 1 aliphatic rings. The van der Waals surface area contributed by atoms with Crippen LogP contribution in [0.5, 0.6) is 0 Å². The summed E-state index contributed by atoms with van der Waals surface area (Å²) >= 11 is 11.6. The van der Waals surface area contributed by atoms with Gasteiger partial charge in [0, 0.05) is 5.92 Å². The molecule has 4 nitrogen and oxygen atoms in total. The summed E-state index contributed by atoms with van der Waals surface area (Å²) in [5.74, 6) is -2.22. The van der Waals surface area contributed by atoms with Crippen molar-refractivity contribution >= 4 is 34.8 Å². The Kier molecular flexibility index (Phi) is 4.93. The quantitative estimate of drug-likeness (QED) is 0.824. The Morgan fingerprint density at radius 1 is 1.14 bits per heavy atom. The van der Waals surface area contributed by atoms with Crippen molar-refractivity contribution < 1.29 is 18.0 Å². The minimum atomic E-state index is -4.19. The summed E-state index contributed by atoms with van der Waals surface area (Å²) in [6.07, 6.45) is -2.78. The second-order valence-corrected chi connectivity index (χ2v) is 5.63. The summed E-state index contributed by atoms with van der Waals surface area (Å²) in [5, 5.41) is 2.48. The predicted molar refractivity (Wildman–Crippen MR) is 72.2 cm³/mol. The highest BCUT2D eigenvalue weighted by Crippen LogP contribution is 2.40. The maximum atomic E-state index is 12.6. The topological polar surface area (TPSA) is 54.9 Å². The molecule has 0 radical (unpaired) electrons. The maximum Gasteiger partial charge on any atom is 0.391 e. The van der Waals surface area contributed by atoms with Crippen molar-refractivity contribution in [2.24, 2.45) is 11.8 Å². The lowest BCUT2D eigenvalue weighted by atomic mass is 9.81. The molecule has 0 bridgehead atoms. The molecule has 0 spiro atoms. The molecular formula is C12H12Cl2F3N3O. The largest absolute Gasteiger partial charge is 0.391 e. The molecule has 0 saturated heterocycles. The molecule has 116 valence electrons. The van der Waals surface area contributed by atoms with Crippen LogP contribution in [0.1, 0.15) is 25.7 Å². The molecule has 1 fully saturated rings. The number of hydrogen-bond acceptors (Lipinski definition) is 3. The summed E-state index contributed by atoms with van der Waals surface area (Å²) in [7, 11) is 0. The number of rotatable bonds is 2. The molecule has 0 unspecified atom stereocenters. The van der Waals surface area contributed by atoms with Gasteiger partial charge in [0.1, 0.15) is 12.0 Å². The van der Waals surface area contributed by atoms with Crippen LogP contribution in [-0.2, 0) is 4.79 Å². The van der Waals surface area contributed by atoms with Gasteiger partial charge in [-0.15, -0.1) is 0 Å². The number of hydrogen-bond donors (Lipinski definition) is 1. The van der Waals surface area contributed by atoms with Crippen LogP contribution in [-0.4, -0.2) is 22.1 Å². The SMILES string of the molecule is O=C(Nc1c(Cl)ncnc1Cl)C1CCC(C(F)(F)F)CC1. The van der Waals surface area contributed by atoms with Gasteiger partial charge in [-0.1, -0.05) is 23.2 Å². The summed E-state index contributed by atoms with van der Waals surface area (Å²) < 4.78 is 37.7. The lowest BCUT2D eigenvalue weighted by Gasteiger charge is -2.29. The second-order valence-electron chi connectivity index (χ2n) is 4.91. The normalized spacial score (nSPS) is 22.9. The molecule has 1 N–H and O–H groups in total. The standard InChI is InChI=1S/C12H12Cl2F3N3O/c13-9-8(10(14)19-5-18-9)20-11(21)6-1-3-7(4-2-6)12(15,16)17/h5-7H,1-4H2,(H,20,21). The van der Waals surface area contributed by atoms with Gasteiger partial charge in [-0.05, 0) is 25.7 Å². The van der Waals surface area contributed by atoms with Crippen LogP contribution in [0.25, 0.3) is 0 Å². The summed E-state index contributed by atoms with van der Waals surface area (Å²) in [5.41, 5.74) is 0.0868. The fourth-order valence-corrected chi connectivity index (χ4v) is 2.76. The van der Waals surface area contributed by atoms with Gasteiger partial charge in [0.05, 0.1) is 5.92 Å². The first-order valence-electron chi connectivity index (χ1n) is 6.32. The first-order valence-corrected chi connectivity index (χ1v) is 7.08. The molecule has 1 aliphatic carbocycles. The highest BCUT2D eigenvalue weighted by atomic mass is 35.5. The smallest absolute Gasteiger partial charge is 0.321 e. The second kappa shape index (κ2) is 6.36. The van der Waals surface area contributed by atoms with Gasteiger partial charge in [-0.25, -0.2) is 9.97 Å². The van der Waals surface area contributed by atoms with Crippen LogP contribution in [0.15, 0.2) is 6.33 Å². The van der Waals surface area contributed by atoms with E-state index in [1.54, 1.807) is 0 Å². The molecule has 1 aromatic heterocycles. The fraction of sp³-hybridized carbons (Fsp3) is 0.583. The van der Waals surface area contributed by atoms with Crippen LogP contribution in [0.2, 0.25) is 10.3 Å². The maximum absolute atomic E-state index is 12.6. The number of nitrogens with one attached hydrogen (secondary N) is 1. The molecule has 1 heterocycles. The Bertz CT molecular complexity index is 511. The third-order valence-corrected chi connectivity index (χ3v) is 4.14. The zero-order valence-corrected chi connectivity index (χ0v) is 12.3. The monoisotopic (exact) mass is 341 g/mol. The Labute approximate surface area is 129 Å². The average molecular weight is 342 g/mol. The molecule has 2 rings (SSSR count). The van der Waals surface area contributed by atoms with Gasteiger partial charge in [0.2, 0.25) is 5.91 Å². The molecule has 1 aromatic rings. The highest BCUT2D eigenvalue weighted by molar-refractivity contribution is 6.38. The van der Waals surface area contributed by atoms with Crippen molar-refractivity contribution in [3.63, 3.8) is 0 Å². The minimum absolute atomic E-state index is 0.00710. The van der Waals surface area contributed by atoms with Crippen molar-refractivity contribution in [1.29, 1.82) is 0 Å². The molecule has 0 aromatic carbocycles. The predicted octanol–water partition coefficient (Wildman–Crippen LogP) is 4.09. The van der Waals surface area contributed by atoms with E-state index in [-0.39, 0.29) is 41.7 Å². The fourth-order valence-electron chi connectivity index (χ4n) is 2.36. The van der Waals surface area contributed by atoms with Crippen molar-refractivity contribution in [3.8, 4) is 0 Å². The number of halogens is 5. The van der Waals surface area contributed by atoms with Gasteiger partial charge in [-0.3, -0.25) is 4.79 Å². The average Bonchev–Trinajstić information content (AvgIpc) is 2.42. The van der Waals surface area contributed by atoms with Gasteiger partial charge >= 0.3 is 6.18 Å². The molecule has 21 heavy (non-hydrogen) atoms. The van der Waals surface area contributed by atoms with Crippen molar-refractivity contribution in [3.05, 3.63) is 16.6 Å².